The van der Waals surface area contributed by atoms with Crippen LogP contribution >= 0.6 is 0 Å². The third kappa shape index (κ3) is 2.75. The lowest BCUT2D eigenvalue weighted by atomic mass is 9.81. The first-order chi connectivity index (χ1) is 15.4. The van der Waals surface area contributed by atoms with E-state index in [1.807, 2.05) is 12.3 Å². The zero-order valence-electron chi connectivity index (χ0n) is 19.1. The van der Waals surface area contributed by atoms with E-state index in [1.165, 1.54) is 38.4 Å². The molecule has 0 unspecified atom stereocenters. The van der Waals surface area contributed by atoms with E-state index >= 15 is 0 Å². The minimum absolute atomic E-state index is 0.117. The number of rotatable bonds is 3. The maximum Gasteiger partial charge on any atom is 0.140 e. The molecule has 2 heteroatoms. The molecule has 0 saturated heterocycles. The summed E-state index contributed by atoms with van der Waals surface area (Å²) >= 11 is 0. The number of fused-ring (bicyclic) bond motifs is 6. The highest BCUT2D eigenvalue weighted by Crippen LogP contribution is 2.55. The van der Waals surface area contributed by atoms with Gasteiger partial charge in [0.15, 0.2) is 0 Å². The van der Waals surface area contributed by atoms with Gasteiger partial charge >= 0.3 is 0 Å². The molecule has 0 spiro atoms. The van der Waals surface area contributed by atoms with Gasteiger partial charge in [-0.3, -0.25) is 4.98 Å². The van der Waals surface area contributed by atoms with Crippen LogP contribution in [-0.2, 0) is 11.8 Å². The Morgan fingerprint density at radius 2 is 1.75 bits per heavy atom. The first-order valence-electron chi connectivity index (χ1n) is 11.5. The van der Waals surface area contributed by atoms with Crippen LogP contribution in [0, 0.1) is 5.92 Å². The molecule has 32 heavy (non-hydrogen) atoms. The molecule has 0 N–H and O–H groups in total. The Balaban J connectivity index is 1.58. The van der Waals surface area contributed by atoms with E-state index in [0.29, 0.717) is 5.92 Å². The SMILES string of the molecule is CC(C)Cc1ccc2cnc(-c3cccc4c3-c3oc5ccccc5c3C4(C)C)cc2c1. The molecule has 0 amide bonds. The van der Waals surface area contributed by atoms with Crippen molar-refractivity contribution in [3.8, 4) is 22.6 Å². The number of hydrogen-bond acceptors (Lipinski definition) is 2. The van der Waals surface area contributed by atoms with Gasteiger partial charge in [-0.1, -0.05) is 82.3 Å². The number of benzene rings is 3. The first-order valence-corrected chi connectivity index (χ1v) is 11.5. The predicted molar refractivity (Wildman–Crippen MR) is 133 cm³/mol. The molecule has 6 rings (SSSR count). The van der Waals surface area contributed by atoms with Gasteiger partial charge in [0.25, 0.3) is 0 Å². The van der Waals surface area contributed by atoms with Crippen molar-refractivity contribution in [2.45, 2.75) is 39.5 Å². The topological polar surface area (TPSA) is 26.0 Å². The van der Waals surface area contributed by atoms with Gasteiger partial charge in [-0.15, -0.1) is 0 Å². The molecule has 0 radical (unpaired) electrons. The summed E-state index contributed by atoms with van der Waals surface area (Å²) in [6, 6.07) is 23.9. The van der Waals surface area contributed by atoms with Crippen LogP contribution in [0.15, 0.2) is 77.3 Å². The highest BCUT2D eigenvalue weighted by Gasteiger charge is 2.41. The third-order valence-electron chi connectivity index (χ3n) is 6.89. The molecular formula is C30H27NO. The molecule has 2 aromatic heterocycles. The molecule has 3 aromatic carbocycles. The van der Waals surface area contributed by atoms with Crippen LogP contribution in [0.3, 0.4) is 0 Å². The summed E-state index contributed by atoms with van der Waals surface area (Å²) in [5, 5.41) is 3.63. The van der Waals surface area contributed by atoms with Crippen molar-refractivity contribution in [1.82, 2.24) is 4.98 Å². The Morgan fingerprint density at radius 3 is 2.59 bits per heavy atom. The standard InChI is InChI=1S/C30H27NO/c1-18(2)14-19-12-13-20-17-31-25(16-21(20)15-19)22-9-7-10-24-27(22)29-28(30(24,3)4)23-8-5-6-11-26(23)32-29/h5-13,15-18H,14H2,1-4H3. The molecule has 5 aromatic rings. The van der Waals surface area contributed by atoms with E-state index in [4.69, 9.17) is 9.40 Å². The van der Waals surface area contributed by atoms with Crippen molar-refractivity contribution >= 4 is 21.7 Å². The Kier molecular flexibility index (Phi) is 4.10. The summed E-state index contributed by atoms with van der Waals surface area (Å²) in [5.41, 5.74) is 8.15. The maximum atomic E-state index is 6.46. The van der Waals surface area contributed by atoms with Gasteiger partial charge < -0.3 is 4.42 Å². The summed E-state index contributed by atoms with van der Waals surface area (Å²) in [6.07, 6.45) is 3.09. The van der Waals surface area contributed by atoms with E-state index in [1.54, 1.807) is 0 Å². The van der Waals surface area contributed by atoms with Crippen LogP contribution in [-0.4, -0.2) is 4.98 Å². The van der Waals surface area contributed by atoms with E-state index in [0.717, 1.165) is 29.0 Å². The smallest absolute Gasteiger partial charge is 0.140 e. The molecule has 0 aliphatic heterocycles. The van der Waals surface area contributed by atoms with Crippen molar-refractivity contribution in [3.63, 3.8) is 0 Å². The number of hydrogen-bond donors (Lipinski definition) is 0. The number of furan rings is 1. The fourth-order valence-corrected chi connectivity index (χ4v) is 5.44. The Bertz CT molecular complexity index is 1500. The van der Waals surface area contributed by atoms with Gasteiger partial charge in [-0.25, -0.2) is 0 Å². The Labute approximate surface area is 188 Å². The molecule has 2 heterocycles. The monoisotopic (exact) mass is 417 g/mol. The van der Waals surface area contributed by atoms with Gasteiger partial charge in [0, 0.05) is 39.1 Å². The third-order valence-corrected chi connectivity index (χ3v) is 6.89. The highest BCUT2D eigenvalue weighted by atomic mass is 16.3. The summed E-state index contributed by atoms with van der Waals surface area (Å²) in [4.78, 5) is 4.88. The van der Waals surface area contributed by atoms with E-state index < -0.39 is 0 Å². The minimum atomic E-state index is -0.117. The maximum absolute atomic E-state index is 6.46. The molecular weight excluding hydrogens is 390 g/mol. The van der Waals surface area contributed by atoms with Crippen LogP contribution in [0.5, 0.6) is 0 Å². The van der Waals surface area contributed by atoms with Crippen LogP contribution in [0.1, 0.15) is 44.4 Å². The predicted octanol–water partition coefficient (Wildman–Crippen LogP) is 8.15. The molecule has 158 valence electrons. The van der Waals surface area contributed by atoms with Gasteiger partial charge in [-0.2, -0.15) is 0 Å². The van der Waals surface area contributed by atoms with Crippen molar-refractivity contribution in [3.05, 3.63) is 89.6 Å². The molecule has 1 aliphatic carbocycles. The van der Waals surface area contributed by atoms with Crippen LogP contribution < -0.4 is 0 Å². The second kappa shape index (κ2) is 6.80. The zero-order valence-corrected chi connectivity index (χ0v) is 19.1. The summed E-state index contributed by atoms with van der Waals surface area (Å²) in [6.45, 7) is 9.13. The quantitative estimate of drug-likeness (QED) is 0.296. The van der Waals surface area contributed by atoms with Crippen molar-refractivity contribution < 1.29 is 4.42 Å². The molecule has 2 nitrogen and oxygen atoms in total. The molecule has 0 saturated carbocycles. The fraction of sp³-hybridized carbons (Fsp3) is 0.233. The first kappa shape index (κ1) is 19.3. The van der Waals surface area contributed by atoms with Gasteiger partial charge in [0.05, 0.1) is 5.69 Å². The lowest BCUT2D eigenvalue weighted by Gasteiger charge is -2.21. The Morgan fingerprint density at radius 1 is 0.906 bits per heavy atom. The summed E-state index contributed by atoms with van der Waals surface area (Å²) in [5.74, 6) is 1.64. The van der Waals surface area contributed by atoms with Crippen LogP contribution in [0.4, 0.5) is 0 Å². The fourth-order valence-electron chi connectivity index (χ4n) is 5.44. The average molecular weight is 418 g/mol. The Hall–Kier alpha value is -3.39. The van der Waals surface area contributed by atoms with Gasteiger partial charge in [0.2, 0.25) is 0 Å². The largest absolute Gasteiger partial charge is 0.456 e. The van der Waals surface area contributed by atoms with E-state index in [-0.39, 0.29) is 5.41 Å². The van der Waals surface area contributed by atoms with Crippen molar-refractivity contribution in [1.29, 1.82) is 0 Å². The summed E-state index contributed by atoms with van der Waals surface area (Å²) in [7, 11) is 0. The summed E-state index contributed by atoms with van der Waals surface area (Å²) < 4.78 is 6.46. The van der Waals surface area contributed by atoms with Gasteiger partial charge in [-0.05, 0) is 41.0 Å². The minimum Gasteiger partial charge on any atom is -0.456 e. The lowest BCUT2D eigenvalue weighted by Crippen LogP contribution is -2.14. The normalized spacial score (nSPS) is 14.3. The van der Waals surface area contributed by atoms with Crippen LogP contribution in [0.25, 0.3) is 44.3 Å². The highest BCUT2D eigenvalue weighted by molar-refractivity contribution is 5.99. The zero-order chi connectivity index (χ0) is 22.0. The number of para-hydroxylation sites is 1. The molecule has 1 aliphatic rings. The second-order valence-electron chi connectivity index (χ2n) is 10.0. The van der Waals surface area contributed by atoms with Gasteiger partial charge in [0.1, 0.15) is 11.3 Å². The molecule has 0 fully saturated rings. The van der Waals surface area contributed by atoms with Crippen molar-refractivity contribution in [2.75, 3.05) is 0 Å². The average Bonchev–Trinajstić information content (AvgIpc) is 3.27. The number of nitrogens with zero attached hydrogens (tertiary/aromatic N) is 1. The van der Waals surface area contributed by atoms with E-state index in [9.17, 15) is 0 Å². The van der Waals surface area contributed by atoms with E-state index in [2.05, 4.69) is 88.4 Å². The van der Waals surface area contributed by atoms with Crippen LogP contribution in [0.2, 0.25) is 0 Å². The van der Waals surface area contributed by atoms with Crippen molar-refractivity contribution in [2.24, 2.45) is 5.92 Å². The lowest BCUT2D eigenvalue weighted by molar-refractivity contribution is 0.619. The second-order valence-corrected chi connectivity index (χ2v) is 10.0. The molecule has 0 bridgehead atoms. The number of aromatic nitrogens is 1. The molecule has 0 atom stereocenters. The number of pyridine rings is 1.